The van der Waals surface area contributed by atoms with Gasteiger partial charge in [0.1, 0.15) is 23.7 Å². The van der Waals surface area contributed by atoms with Crippen molar-refractivity contribution in [2.24, 2.45) is 0 Å². The van der Waals surface area contributed by atoms with Crippen LogP contribution in [0.15, 0.2) is 76.0 Å². The maximum absolute atomic E-state index is 14.6. The monoisotopic (exact) mass is 1350 g/mol. The standard InChI is InChI=1S/C74H110F2N3O13PS/c1-4-6-8-10-12-14-16-18-20-22-24-26-28-30-33-43-71(84)88-55-60(91-72(85)44-34-31-29-27-25-23-21-19-17-15-13-11-9-7-5-2)56-90-93(86,87)89-49-39-41-59(80)40-35-36-42-70(83)77-47-37-32-38-48-78-74(94)79-58-45-46-61(57(3)50-58)73-62-51-64(75)66(81)53-68(62)92-69-54-67(82)65(76)52-63(69)73/h18-21,45-46,50-54,60,81H,4-17,22-44,47-49,55-56H2,1-3H3,(H,77,83)(H,86,87)(H2,78,79,94)/b20-18-,21-19-. The fraction of sp³-hybridized carbons (Fsp3) is 0.622. The zero-order valence-electron chi connectivity index (χ0n) is 56.6. The van der Waals surface area contributed by atoms with Crippen LogP contribution in [0.4, 0.5) is 14.5 Å². The molecule has 5 N–H and O–H groups in total. The fourth-order valence-corrected chi connectivity index (χ4v) is 12.0. The van der Waals surface area contributed by atoms with Gasteiger partial charge in [-0.15, -0.1) is 0 Å². The van der Waals surface area contributed by atoms with Crippen LogP contribution in [-0.2, 0) is 42.3 Å². The van der Waals surface area contributed by atoms with E-state index in [0.717, 1.165) is 126 Å². The van der Waals surface area contributed by atoms with E-state index in [1.54, 1.807) is 12.1 Å². The number of carbonyl (C=O) groups is 4. The Morgan fingerprint density at radius 2 is 1.13 bits per heavy atom. The number of nitrogens with one attached hydrogen (secondary N) is 3. The lowest BCUT2D eigenvalue weighted by molar-refractivity contribution is -0.161. The third kappa shape index (κ3) is 35.2. The summed E-state index contributed by atoms with van der Waals surface area (Å²) in [7, 11) is -4.63. The average molecular weight is 1350 g/mol. The molecule has 0 saturated carbocycles. The number of unbranched alkanes of at least 4 members (excludes halogenated alkanes) is 25. The van der Waals surface area contributed by atoms with Crippen LogP contribution in [0.5, 0.6) is 5.75 Å². The Morgan fingerprint density at radius 1 is 0.596 bits per heavy atom. The largest absolute Gasteiger partial charge is 0.505 e. The molecule has 2 atom stereocenters. The van der Waals surface area contributed by atoms with Gasteiger partial charge in [0.15, 0.2) is 28.6 Å². The number of allylic oxidation sites excluding steroid dienone is 4. The number of phenolic OH excluding ortho intramolecular Hbond substituents is 1. The molecule has 524 valence electrons. The third-order valence-corrected chi connectivity index (χ3v) is 17.7. The number of phenols is 1. The first-order chi connectivity index (χ1) is 45.5. The highest BCUT2D eigenvalue weighted by atomic mass is 32.1. The molecule has 2 unspecified atom stereocenters. The smallest absolute Gasteiger partial charge is 0.472 e. The second-order valence-electron chi connectivity index (χ2n) is 24.8. The first kappa shape index (κ1) is 80.6. The normalized spacial score (nSPS) is 12.6. The predicted octanol–water partition coefficient (Wildman–Crippen LogP) is 19.0. The highest BCUT2D eigenvalue weighted by Crippen LogP contribution is 2.44. The van der Waals surface area contributed by atoms with Gasteiger partial charge in [-0.2, -0.15) is 0 Å². The lowest BCUT2D eigenvalue weighted by Crippen LogP contribution is -2.29. The van der Waals surface area contributed by atoms with Gasteiger partial charge in [0.25, 0.3) is 0 Å². The summed E-state index contributed by atoms with van der Waals surface area (Å²) in [5, 5.41) is 20.0. The van der Waals surface area contributed by atoms with E-state index in [1.165, 1.54) is 77.0 Å². The Morgan fingerprint density at radius 3 is 1.73 bits per heavy atom. The molecule has 1 aliphatic carbocycles. The maximum atomic E-state index is 14.6. The van der Waals surface area contributed by atoms with Gasteiger partial charge in [0.05, 0.1) is 13.2 Å². The molecule has 0 saturated heterocycles. The summed E-state index contributed by atoms with van der Waals surface area (Å²) < 4.78 is 69.3. The lowest BCUT2D eigenvalue weighted by atomic mass is 9.91. The summed E-state index contributed by atoms with van der Waals surface area (Å²) in [4.78, 5) is 73.4. The van der Waals surface area contributed by atoms with Crippen molar-refractivity contribution in [2.45, 2.75) is 264 Å². The topological polar surface area (TPSA) is 229 Å². The van der Waals surface area contributed by atoms with Crippen LogP contribution in [0.25, 0.3) is 33.4 Å². The van der Waals surface area contributed by atoms with E-state index in [-0.39, 0.29) is 85.7 Å². The van der Waals surface area contributed by atoms with Crippen molar-refractivity contribution in [3.05, 3.63) is 94.2 Å². The first-order valence-corrected chi connectivity index (χ1v) is 37.2. The maximum Gasteiger partial charge on any atom is 0.472 e. The van der Waals surface area contributed by atoms with Crippen molar-refractivity contribution >= 4 is 65.4 Å². The number of esters is 2. The summed E-state index contributed by atoms with van der Waals surface area (Å²) in [6.45, 7) is 6.29. The quantitative estimate of drug-likeness (QED) is 0.00691. The minimum atomic E-state index is -4.63. The van der Waals surface area contributed by atoms with Gasteiger partial charge in [-0.25, -0.2) is 13.3 Å². The molecular formula is C74H110F2N3O13PS. The number of phosphoric ester groups is 1. The summed E-state index contributed by atoms with van der Waals surface area (Å²) in [5.41, 5.74) is 2.00. The number of benzene rings is 3. The van der Waals surface area contributed by atoms with E-state index in [9.17, 15) is 47.3 Å². The van der Waals surface area contributed by atoms with E-state index in [0.29, 0.717) is 60.7 Å². The molecule has 4 rings (SSSR count). The molecular weight excluding hydrogens is 1240 g/mol. The summed E-state index contributed by atoms with van der Waals surface area (Å²) in [6, 6.07) is 9.71. The Labute approximate surface area is 563 Å². The highest BCUT2D eigenvalue weighted by Gasteiger charge is 2.27. The van der Waals surface area contributed by atoms with Crippen molar-refractivity contribution in [3.8, 4) is 28.2 Å². The van der Waals surface area contributed by atoms with Crippen molar-refractivity contribution in [3.63, 3.8) is 0 Å². The molecule has 2 aromatic rings. The Balaban J connectivity index is 1.06. The van der Waals surface area contributed by atoms with Crippen LogP contribution < -0.4 is 21.4 Å². The van der Waals surface area contributed by atoms with E-state index in [1.807, 2.05) is 13.0 Å². The number of ether oxygens (including phenoxy) is 2. The van der Waals surface area contributed by atoms with E-state index in [2.05, 4.69) is 54.1 Å². The van der Waals surface area contributed by atoms with E-state index >= 15 is 0 Å². The average Bonchev–Trinajstić information content (AvgIpc) is 0.747. The number of carbonyl (C=O) groups excluding carboxylic acids is 4. The van der Waals surface area contributed by atoms with Gasteiger partial charge in [-0.3, -0.25) is 33.0 Å². The molecule has 0 aromatic heterocycles. The second-order valence-corrected chi connectivity index (χ2v) is 26.6. The number of aromatic hydroxyl groups is 1. The van der Waals surface area contributed by atoms with Crippen molar-refractivity contribution in [2.75, 3.05) is 38.2 Å². The number of ketones is 1. The number of thiocarbonyl (C=S) groups is 1. The number of rotatable bonds is 54. The molecule has 16 nitrogen and oxygen atoms in total. The Kier molecular flexibility index (Phi) is 41.8. The minimum absolute atomic E-state index is 0.0689. The summed E-state index contributed by atoms with van der Waals surface area (Å²) >= 11 is 5.52. The Bertz CT molecular complexity index is 3010. The van der Waals surface area contributed by atoms with Crippen LogP contribution >= 0.6 is 20.0 Å². The molecule has 20 heteroatoms. The van der Waals surface area contributed by atoms with Gasteiger partial charge in [0.2, 0.25) is 11.3 Å². The van der Waals surface area contributed by atoms with Gasteiger partial charge < -0.3 is 39.8 Å². The second kappa shape index (κ2) is 48.8. The molecule has 0 fully saturated rings. The van der Waals surface area contributed by atoms with Gasteiger partial charge in [0, 0.05) is 79.5 Å². The first-order valence-electron chi connectivity index (χ1n) is 35.3. The van der Waals surface area contributed by atoms with Crippen molar-refractivity contribution in [1.82, 2.24) is 10.6 Å². The number of phosphoric acid groups is 1. The number of hydrogen-bond donors (Lipinski definition) is 5. The molecule has 2 aliphatic rings. The Hall–Kier alpha value is -5.85. The van der Waals surface area contributed by atoms with Crippen LogP contribution in [0.2, 0.25) is 0 Å². The lowest BCUT2D eigenvalue weighted by Gasteiger charge is -2.20. The van der Waals surface area contributed by atoms with Gasteiger partial charge >= 0.3 is 19.8 Å². The summed E-state index contributed by atoms with van der Waals surface area (Å²) in [5.74, 6) is -3.53. The van der Waals surface area contributed by atoms with Gasteiger partial charge in [-0.05, 0) is 157 Å². The van der Waals surface area contributed by atoms with Crippen molar-refractivity contribution in [1.29, 1.82) is 0 Å². The van der Waals surface area contributed by atoms with E-state index < -0.39 is 55.3 Å². The predicted molar refractivity (Wildman–Crippen MR) is 376 cm³/mol. The van der Waals surface area contributed by atoms with E-state index in [4.69, 9.17) is 35.2 Å². The fourth-order valence-electron chi connectivity index (χ4n) is 11.0. The minimum Gasteiger partial charge on any atom is -0.505 e. The number of Topliss-reactive ketones (excluding diaryl/α,β-unsaturated/α-hetero) is 1. The van der Waals surface area contributed by atoms with Gasteiger partial charge in [-0.1, -0.05) is 147 Å². The SMILES string of the molecule is CCCCCCCC/C=C\CCCCCCCC(=O)OCC(COP(=O)(O)OCCCC(=O)CCCCC(=O)NCCCCCNC(=S)Nc1ccc(-c2c3cc(F)c(=O)cc-3oc3cc(O)c(F)cc23)c(C)c1)OC(=O)CCCCCCC/C=C\CCCCCCCC. The molecule has 1 aliphatic heterocycles. The number of anilines is 1. The molecule has 1 amide bonds. The highest BCUT2D eigenvalue weighted by molar-refractivity contribution is 7.80. The molecule has 2 aromatic carbocycles. The van der Waals surface area contributed by atoms with Crippen molar-refractivity contribution < 1.29 is 65.5 Å². The van der Waals surface area contributed by atoms with Crippen LogP contribution in [0.3, 0.4) is 0 Å². The zero-order chi connectivity index (χ0) is 68.0. The molecule has 0 radical (unpaired) electrons. The molecule has 1 heterocycles. The number of amides is 1. The summed E-state index contributed by atoms with van der Waals surface area (Å²) in [6.07, 6.45) is 42.0. The van der Waals surface area contributed by atoms with Crippen LogP contribution in [0.1, 0.15) is 257 Å². The molecule has 0 spiro atoms. The third-order valence-electron chi connectivity index (χ3n) is 16.5. The number of aryl methyl sites for hydroxylation is 1. The zero-order valence-corrected chi connectivity index (χ0v) is 58.3. The molecule has 0 bridgehead atoms. The number of halogens is 2. The number of hydrogen-bond acceptors (Lipinski definition) is 13. The number of fused-ring (bicyclic) bond motifs is 2. The van der Waals surface area contributed by atoms with Crippen LogP contribution in [-0.4, -0.2) is 77.8 Å². The molecule has 94 heavy (non-hydrogen) atoms. The van der Waals surface area contributed by atoms with Crippen LogP contribution in [0, 0.1) is 18.6 Å².